The summed E-state index contributed by atoms with van der Waals surface area (Å²) in [5, 5.41) is 30.4. The second kappa shape index (κ2) is 24.7. The summed E-state index contributed by atoms with van der Waals surface area (Å²) in [7, 11) is 1.92. The molecule has 452 valence electrons. The lowest BCUT2D eigenvalue weighted by Crippen LogP contribution is -2.49. The molecule has 4 N–H and O–H groups in total. The van der Waals surface area contributed by atoms with E-state index in [1.807, 2.05) is 25.8 Å². The van der Waals surface area contributed by atoms with E-state index in [1.165, 1.54) is 61.9 Å². The maximum absolute atomic E-state index is 15.0. The standard InChI is InChI=1S/C33H40FN5O4.C31H38F2N6O3/c1-2-24-25(34)10-9-21-17-23(40)18-28(29(21)24)39-19-26-30(32(39)41)31(38-13-6-15-42-16-14-38)36-33(35-26)43-20-22-7-5-12-37-11-4-3-8-27(22)37;1-4-9-31(13-19(32)15-38(31)3)17-42-30-36-24-16-39(29(41)27(24)28(37-30)35-20-8-10-34-14-20)25-12-21(40)11-18-6-7-23(33)22(5-2)26(18)25/h9-10,17-18,22,27,40H,2-8,11-16,19-20H2,1H3;6-7,11-12,19-20,34,40H,4-5,8-10,13-17H2,1-3H3,(H,35,36,37). The van der Waals surface area contributed by atoms with Gasteiger partial charge in [0.15, 0.2) is 0 Å². The summed E-state index contributed by atoms with van der Waals surface area (Å²) in [6.07, 6.45) is 9.74. The molecule has 85 heavy (non-hydrogen) atoms. The molecule has 0 aliphatic carbocycles. The Morgan fingerprint density at radius 2 is 1.41 bits per heavy atom. The molecule has 21 heteroatoms. The zero-order valence-corrected chi connectivity index (χ0v) is 49.2. The number of rotatable bonds is 15. The highest BCUT2D eigenvalue weighted by Crippen LogP contribution is 2.44. The molecule has 0 bridgehead atoms. The van der Waals surface area contributed by atoms with Crippen molar-refractivity contribution in [1.29, 1.82) is 0 Å². The summed E-state index contributed by atoms with van der Waals surface area (Å²) >= 11 is 0. The molecule has 7 aliphatic heterocycles. The average Bonchev–Trinajstić information content (AvgIpc) is 1.91. The van der Waals surface area contributed by atoms with Crippen LogP contribution in [0.5, 0.6) is 23.5 Å². The maximum atomic E-state index is 15.0. The topological polar surface area (TPSA) is 194 Å². The van der Waals surface area contributed by atoms with Gasteiger partial charge in [0.2, 0.25) is 0 Å². The third kappa shape index (κ3) is 11.5. The van der Waals surface area contributed by atoms with Gasteiger partial charge in [-0.1, -0.05) is 45.7 Å². The second-order valence-electron chi connectivity index (χ2n) is 24.0. The Labute approximate surface area is 494 Å². The molecule has 6 aromatic rings. The number of hydrogen-bond acceptors (Lipinski definition) is 16. The van der Waals surface area contributed by atoms with E-state index in [0.717, 1.165) is 45.2 Å². The van der Waals surface area contributed by atoms with Gasteiger partial charge < -0.3 is 49.8 Å². The molecular weight excluding hydrogens is 1090 g/mol. The van der Waals surface area contributed by atoms with Crippen molar-refractivity contribution in [1.82, 2.24) is 35.1 Å². The van der Waals surface area contributed by atoms with Crippen LogP contribution in [0.3, 0.4) is 0 Å². The van der Waals surface area contributed by atoms with Crippen LogP contribution in [-0.4, -0.2) is 155 Å². The number of aryl methyl sites for hydroxylation is 2. The number of aromatic nitrogens is 4. The number of likely N-dealkylation sites (N-methyl/N-ethyl adjacent to an activating group) is 1. The molecule has 7 aliphatic rings. The Kier molecular flexibility index (Phi) is 17.0. The highest BCUT2D eigenvalue weighted by Gasteiger charge is 2.45. The van der Waals surface area contributed by atoms with E-state index in [2.05, 4.69) is 37.3 Å². The van der Waals surface area contributed by atoms with Gasteiger partial charge >= 0.3 is 12.0 Å². The highest BCUT2D eigenvalue weighted by molar-refractivity contribution is 6.17. The van der Waals surface area contributed by atoms with Crippen LogP contribution in [0.2, 0.25) is 0 Å². The van der Waals surface area contributed by atoms with E-state index in [0.29, 0.717) is 155 Å². The minimum Gasteiger partial charge on any atom is -0.508 e. The summed E-state index contributed by atoms with van der Waals surface area (Å²) in [4.78, 5) is 57.2. The predicted octanol–water partition coefficient (Wildman–Crippen LogP) is 9.63. The second-order valence-corrected chi connectivity index (χ2v) is 24.0. The Bertz CT molecular complexity index is 3490. The Balaban J connectivity index is 0.000000167. The number of halogens is 3. The van der Waals surface area contributed by atoms with Crippen LogP contribution in [0.4, 0.5) is 36.2 Å². The average molecular weight is 1170 g/mol. The lowest BCUT2D eigenvalue weighted by atomic mass is 9.84. The number of carbonyl (C=O) groups excluding carboxylic acids is 2. The lowest BCUT2D eigenvalue weighted by molar-refractivity contribution is 0.0347. The molecule has 0 radical (unpaired) electrons. The van der Waals surface area contributed by atoms with Crippen molar-refractivity contribution in [3.8, 4) is 23.5 Å². The van der Waals surface area contributed by atoms with Gasteiger partial charge in [0.25, 0.3) is 11.8 Å². The molecule has 4 aromatic carbocycles. The third-order valence-electron chi connectivity index (χ3n) is 18.6. The van der Waals surface area contributed by atoms with Crippen LogP contribution in [-0.2, 0) is 30.7 Å². The van der Waals surface area contributed by atoms with Gasteiger partial charge in [0.1, 0.15) is 58.7 Å². The number of fused-ring (bicyclic) bond motifs is 5. The number of likely N-dealkylation sites (tertiary alicyclic amines) is 1. The maximum Gasteiger partial charge on any atom is 0.318 e. The van der Waals surface area contributed by atoms with Crippen LogP contribution in [0, 0.1) is 17.6 Å². The third-order valence-corrected chi connectivity index (χ3v) is 18.6. The molecule has 5 unspecified atom stereocenters. The molecule has 2 aromatic heterocycles. The number of nitrogens with zero attached hydrogens (tertiary/aromatic N) is 9. The van der Waals surface area contributed by atoms with Crippen molar-refractivity contribution in [2.24, 2.45) is 5.92 Å². The molecule has 2 amide bonds. The summed E-state index contributed by atoms with van der Waals surface area (Å²) in [6.45, 7) is 13.7. The highest BCUT2D eigenvalue weighted by atomic mass is 19.1. The van der Waals surface area contributed by atoms with Gasteiger partial charge in [0, 0.05) is 80.1 Å². The fourth-order valence-corrected chi connectivity index (χ4v) is 14.5. The lowest BCUT2D eigenvalue weighted by Gasteiger charge is -2.44. The normalized spacial score (nSPS) is 23.5. The molecule has 9 heterocycles. The van der Waals surface area contributed by atoms with Crippen molar-refractivity contribution in [2.75, 3.05) is 99.3 Å². The van der Waals surface area contributed by atoms with E-state index in [-0.39, 0.29) is 66.7 Å². The van der Waals surface area contributed by atoms with E-state index in [9.17, 15) is 33.0 Å². The summed E-state index contributed by atoms with van der Waals surface area (Å²) in [6, 6.07) is 13.3. The fraction of sp³-hybridized carbons (Fsp3) is 0.531. The van der Waals surface area contributed by atoms with E-state index in [1.54, 1.807) is 35.2 Å². The quantitative estimate of drug-likeness (QED) is 0.0759. The zero-order valence-electron chi connectivity index (χ0n) is 49.2. The number of amides is 2. The first-order valence-corrected chi connectivity index (χ1v) is 30.7. The van der Waals surface area contributed by atoms with Crippen molar-refractivity contribution in [3.63, 3.8) is 0 Å². The number of nitrogens with one attached hydrogen (secondary N) is 2. The number of piperidine rings is 2. The fourth-order valence-electron chi connectivity index (χ4n) is 14.5. The molecular formula is C64H78F3N11O7. The van der Waals surface area contributed by atoms with Crippen LogP contribution < -0.4 is 34.8 Å². The zero-order chi connectivity index (χ0) is 59.1. The van der Waals surface area contributed by atoms with E-state index >= 15 is 0 Å². The number of hydrogen-bond donors (Lipinski definition) is 4. The molecule has 5 fully saturated rings. The minimum absolute atomic E-state index is 0.0177. The number of carbonyl (C=O) groups is 2. The first kappa shape index (κ1) is 58.3. The van der Waals surface area contributed by atoms with Crippen molar-refractivity contribution in [3.05, 3.63) is 93.8 Å². The van der Waals surface area contributed by atoms with E-state index < -0.39 is 11.7 Å². The number of anilines is 4. The molecule has 5 atom stereocenters. The first-order valence-electron chi connectivity index (χ1n) is 30.7. The van der Waals surface area contributed by atoms with Crippen LogP contribution >= 0.6 is 0 Å². The van der Waals surface area contributed by atoms with Crippen LogP contribution in [0.25, 0.3) is 21.5 Å². The number of phenolic OH excluding ortho intramolecular Hbond substituents is 2. The monoisotopic (exact) mass is 1170 g/mol. The predicted molar refractivity (Wildman–Crippen MR) is 320 cm³/mol. The number of benzene rings is 4. The Hall–Kier alpha value is -7.07. The van der Waals surface area contributed by atoms with Crippen molar-refractivity contribution in [2.45, 2.75) is 135 Å². The Morgan fingerprint density at radius 1 is 0.753 bits per heavy atom. The van der Waals surface area contributed by atoms with Gasteiger partial charge in [-0.05, 0) is 131 Å². The van der Waals surface area contributed by atoms with Gasteiger partial charge in [-0.3, -0.25) is 19.4 Å². The van der Waals surface area contributed by atoms with E-state index in [4.69, 9.17) is 24.2 Å². The Morgan fingerprint density at radius 3 is 2.05 bits per heavy atom. The van der Waals surface area contributed by atoms with Crippen LogP contribution in [0.1, 0.15) is 128 Å². The van der Waals surface area contributed by atoms with Crippen LogP contribution in [0.15, 0.2) is 48.5 Å². The van der Waals surface area contributed by atoms with Crippen molar-refractivity contribution < 1.29 is 47.2 Å². The molecule has 13 rings (SSSR count). The first-order chi connectivity index (χ1) is 41.2. The minimum atomic E-state index is -0.917. The smallest absolute Gasteiger partial charge is 0.318 e. The summed E-state index contributed by atoms with van der Waals surface area (Å²) in [5.41, 5.74) is 3.28. The molecule has 18 nitrogen and oxygen atoms in total. The SMILES string of the molecule is CCCC1(COc2nc3c(c(NC4CCNC4)n2)C(=O)N(c2cc(O)cc4ccc(F)c(CC)c24)C3)CC(F)CN1C.CCc1c(F)ccc2cc(O)cc(N3Cc4nc(OCC5CCCN6CCCCC56)nc(N5CCCOCC5)c4C3=O)c12. The largest absolute Gasteiger partial charge is 0.508 e. The van der Waals surface area contributed by atoms with Gasteiger partial charge in [0.05, 0.1) is 54.6 Å². The number of aromatic hydroxyl groups is 2. The number of phenols is 2. The van der Waals surface area contributed by atoms with Gasteiger partial charge in [-0.2, -0.15) is 19.9 Å². The number of alkyl halides is 1. The molecule has 0 spiro atoms. The molecule has 0 saturated carbocycles. The van der Waals surface area contributed by atoms with Gasteiger partial charge in [-0.15, -0.1) is 0 Å². The number of ether oxygens (including phenoxy) is 3. The van der Waals surface area contributed by atoms with Gasteiger partial charge in [-0.25, -0.2) is 13.2 Å². The molecule has 5 saturated heterocycles. The summed E-state index contributed by atoms with van der Waals surface area (Å²) < 4.78 is 62.6. The summed E-state index contributed by atoms with van der Waals surface area (Å²) in [5.74, 6) is 0.0962. The van der Waals surface area contributed by atoms with Crippen molar-refractivity contribution >= 4 is 56.4 Å².